The van der Waals surface area contributed by atoms with E-state index in [0.29, 0.717) is 24.9 Å². The van der Waals surface area contributed by atoms with Gasteiger partial charge in [-0.2, -0.15) is 0 Å². The van der Waals surface area contributed by atoms with Crippen LogP contribution in [0.5, 0.6) is 0 Å². The number of rotatable bonds is 7. The third-order valence-electron chi connectivity index (χ3n) is 3.85. The van der Waals surface area contributed by atoms with Crippen LogP contribution in [0, 0.1) is 5.92 Å². The summed E-state index contributed by atoms with van der Waals surface area (Å²) in [7, 11) is 0. The Morgan fingerprint density at radius 3 is 2.60 bits per heavy atom. The zero-order valence-electron chi connectivity index (χ0n) is 12.7. The van der Waals surface area contributed by atoms with E-state index >= 15 is 0 Å². The fraction of sp³-hybridized carbons (Fsp3) is 0.857. The van der Waals surface area contributed by atoms with E-state index in [0.717, 1.165) is 19.5 Å². The summed E-state index contributed by atoms with van der Waals surface area (Å²) in [6.07, 6.45) is 1.68. The summed E-state index contributed by atoms with van der Waals surface area (Å²) in [5, 5.41) is 14.3. The maximum atomic E-state index is 11.7. The Hall–Kier alpha value is -1.30. The monoisotopic (exact) mass is 285 g/mol. The van der Waals surface area contributed by atoms with E-state index < -0.39 is 5.97 Å². The highest BCUT2D eigenvalue weighted by atomic mass is 16.4. The summed E-state index contributed by atoms with van der Waals surface area (Å²) < 4.78 is 0. The molecule has 3 N–H and O–H groups in total. The fourth-order valence-electron chi connectivity index (χ4n) is 2.48. The van der Waals surface area contributed by atoms with Gasteiger partial charge in [-0.3, -0.25) is 4.79 Å². The highest BCUT2D eigenvalue weighted by Crippen LogP contribution is 2.17. The van der Waals surface area contributed by atoms with Gasteiger partial charge in [0.25, 0.3) is 0 Å². The van der Waals surface area contributed by atoms with Gasteiger partial charge in [0.05, 0.1) is 6.42 Å². The number of nitrogens with one attached hydrogen (secondary N) is 2. The molecule has 0 aromatic carbocycles. The third kappa shape index (κ3) is 5.77. The Labute approximate surface area is 120 Å². The van der Waals surface area contributed by atoms with Crippen molar-refractivity contribution in [3.05, 3.63) is 0 Å². The maximum absolute atomic E-state index is 11.7. The molecule has 0 aromatic heterocycles. The van der Waals surface area contributed by atoms with E-state index in [1.54, 1.807) is 0 Å². The molecule has 0 aliphatic carbocycles. The minimum Gasteiger partial charge on any atom is -0.481 e. The molecule has 6 nitrogen and oxygen atoms in total. The van der Waals surface area contributed by atoms with Crippen molar-refractivity contribution in [2.45, 2.75) is 52.1 Å². The standard InChI is InChI=1S/C14H27N3O3/c1-4-12(7-13(18)19)16-14(20)15-8-11-5-6-17(9-11)10(2)3/h10-12H,4-9H2,1-3H3,(H,18,19)(H2,15,16,20). The number of hydrogen-bond donors (Lipinski definition) is 3. The van der Waals surface area contributed by atoms with Crippen molar-refractivity contribution in [2.24, 2.45) is 5.92 Å². The molecule has 1 aliphatic rings. The van der Waals surface area contributed by atoms with Crippen molar-refractivity contribution in [3.63, 3.8) is 0 Å². The molecular formula is C14H27N3O3. The van der Waals surface area contributed by atoms with Crippen molar-refractivity contribution in [3.8, 4) is 0 Å². The van der Waals surface area contributed by atoms with E-state index in [1.807, 2.05) is 6.92 Å². The van der Waals surface area contributed by atoms with Gasteiger partial charge in [-0.05, 0) is 39.2 Å². The first-order valence-corrected chi connectivity index (χ1v) is 7.42. The maximum Gasteiger partial charge on any atom is 0.315 e. The van der Waals surface area contributed by atoms with Crippen molar-refractivity contribution >= 4 is 12.0 Å². The molecule has 116 valence electrons. The van der Waals surface area contributed by atoms with Gasteiger partial charge in [0.1, 0.15) is 0 Å². The van der Waals surface area contributed by atoms with Gasteiger partial charge in [-0.1, -0.05) is 6.92 Å². The number of urea groups is 1. The topological polar surface area (TPSA) is 81.7 Å². The van der Waals surface area contributed by atoms with E-state index in [-0.39, 0.29) is 18.5 Å². The first-order chi connectivity index (χ1) is 9.42. The normalized spacial score (nSPS) is 20.9. The molecule has 0 saturated carbocycles. The molecule has 0 bridgehead atoms. The van der Waals surface area contributed by atoms with Crippen molar-refractivity contribution < 1.29 is 14.7 Å². The average Bonchev–Trinajstić information content (AvgIpc) is 2.84. The van der Waals surface area contributed by atoms with E-state index in [1.165, 1.54) is 0 Å². The number of carboxylic acids is 1. The van der Waals surface area contributed by atoms with Crippen LogP contribution in [0.1, 0.15) is 40.0 Å². The first kappa shape index (κ1) is 16.8. The van der Waals surface area contributed by atoms with Crippen LogP contribution in [0.3, 0.4) is 0 Å². The predicted octanol–water partition coefficient (Wildman–Crippen LogP) is 1.27. The van der Waals surface area contributed by atoms with Crippen molar-refractivity contribution in [1.29, 1.82) is 0 Å². The van der Waals surface area contributed by atoms with Gasteiger partial charge in [0.2, 0.25) is 0 Å². The summed E-state index contributed by atoms with van der Waals surface area (Å²) >= 11 is 0. The number of amides is 2. The second-order valence-corrected chi connectivity index (χ2v) is 5.80. The van der Waals surface area contributed by atoms with Crippen LogP contribution in [0.4, 0.5) is 4.79 Å². The zero-order chi connectivity index (χ0) is 15.1. The first-order valence-electron chi connectivity index (χ1n) is 7.42. The van der Waals surface area contributed by atoms with Crippen molar-refractivity contribution in [1.82, 2.24) is 15.5 Å². The quantitative estimate of drug-likeness (QED) is 0.658. The second-order valence-electron chi connectivity index (χ2n) is 5.80. The number of hydrogen-bond acceptors (Lipinski definition) is 3. The van der Waals surface area contributed by atoms with Crippen LogP contribution >= 0.6 is 0 Å². The lowest BCUT2D eigenvalue weighted by atomic mass is 10.1. The number of likely N-dealkylation sites (tertiary alicyclic amines) is 1. The minimum atomic E-state index is -0.888. The molecule has 2 atom stereocenters. The molecule has 1 aliphatic heterocycles. The Morgan fingerprint density at radius 1 is 1.40 bits per heavy atom. The van der Waals surface area contributed by atoms with Gasteiger partial charge in [-0.25, -0.2) is 4.79 Å². The van der Waals surface area contributed by atoms with Gasteiger partial charge < -0.3 is 20.6 Å². The van der Waals surface area contributed by atoms with Crippen LogP contribution in [0.25, 0.3) is 0 Å². The SMILES string of the molecule is CCC(CC(=O)O)NC(=O)NCC1CCN(C(C)C)C1. The second kappa shape index (κ2) is 8.09. The van der Waals surface area contributed by atoms with Crippen LogP contribution in [-0.4, -0.2) is 53.7 Å². The van der Waals surface area contributed by atoms with E-state index in [4.69, 9.17) is 5.11 Å². The van der Waals surface area contributed by atoms with Gasteiger partial charge in [0, 0.05) is 25.2 Å². The summed E-state index contributed by atoms with van der Waals surface area (Å²) in [5.74, 6) is -0.400. The number of carbonyl (C=O) groups excluding carboxylic acids is 1. The summed E-state index contributed by atoms with van der Waals surface area (Å²) in [5.41, 5.74) is 0. The van der Waals surface area contributed by atoms with E-state index in [9.17, 15) is 9.59 Å². The summed E-state index contributed by atoms with van der Waals surface area (Å²) in [6, 6.07) is -0.0156. The summed E-state index contributed by atoms with van der Waals surface area (Å²) in [6.45, 7) is 8.98. The number of carbonyl (C=O) groups is 2. The van der Waals surface area contributed by atoms with Crippen LogP contribution < -0.4 is 10.6 Å². The molecule has 0 spiro atoms. The van der Waals surface area contributed by atoms with Gasteiger partial charge >= 0.3 is 12.0 Å². The Balaban J connectivity index is 2.24. The molecule has 0 aromatic rings. The molecule has 0 radical (unpaired) electrons. The molecule has 1 rings (SSSR count). The van der Waals surface area contributed by atoms with Crippen molar-refractivity contribution in [2.75, 3.05) is 19.6 Å². The lowest BCUT2D eigenvalue weighted by molar-refractivity contribution is -0.137. The number of nitrogens with zero attached hydrogens (tertiary/aromatic N) is 1. The minimum absolute atomic E-state index is 0.0333. The lowest BCUT2D eigenvalue weighted by Gasteiger charge is -2.20. The van der Waals surface area contributed by atoms with Crippen LogP contribution in [0.15, 0.2) is 0 Å². The zero-order valence-corrected chi connectivity index (χ0v) is 12.7. The Kier molecular flexibility index (Phi) is 6.78. The highest BCUT2D eigenvalue weighted by Gasteiger charge is 2.24. The molecule has 1 fully saturated rings. The van der Waals surface area contributed by atoms with Crippen LogP contribution in [-0.2, 0) is 4.79 Å². The number of carboxylic acid groups (broad SMARTS) is 1. The molecule has 20 heavy (non-hydrogen) atoms. The Bertz CT molecular complexity index is 334. The molecular weight excluding hydrogens is 258 g/mol. The molecule has 2 unspecified atom stereocenters. The third-order valence-corrected chi connectivity index (χ3v) is 3.85. The molecule has 2 amide bonds. The fourth-order valence-corrected chi connectivity index (χ4v) is 2.48. The number of aliphatic carboxylic acids is 1. The smallest absolute Gasteiger partial charge is 0.315 e. The van der Waals surface area contributed by atoms with E-state index in [2.05, 4.69) is 29.4 Å². The van der Waals surface area contributed by atoms with Gasteiger partial charge in [0.15, 0.2) is 0 Å². The predicted molar refractivity (Wildman–Crippen MR) is 77.7 cm³/mol. The molecule has 1 saturated heterocycles. The summed E-state index contributed by atoms with van der Waals surface area (Å²) in [4.78, 5) is 24.8. The average molecular weight is 285 g/mol. The molecule has 1 heterocycles. The van der Waals surface area contributed by atoms with Gasteiger partial charge in [-0.15, -0.1) is 0 Å². The van der Waals surface area contributed by atoms with Crippen LogP contribution in [0.2, 0.25) is 0 Å². The molecule has 6 heteroatoms. The largest absolute Gasteiger partial charge is 0.481 e. The lowest BCUT2D eigenvalue weighted by Crippen LogP contribution is -2.44. The Morgan fingerprint density at radius 2 is 2.10 bits per heavy atom. The highest BCUT2D eigenvalue weighted by molar-refractivity contribution is 5.75.